The van der Waals surface area contributed by atoms with E-state index in [4.69, 9.17) is 9.47 Å². The van der Waals surface area contributed by atoms with Crippen molar-refractivity contribution < 1.29 is 14.3 Å². The summed E-state index contributed by atoms with van der Waals surface area (Å²) in [4.78, 5) is 17.7. The molecule has 5 nitrogen and oxygen atoms in total. The fraction of sp³-hybridized carbons (Fsp3) is 0.435. The number of amides is 1. The molecule has 0 radical (unpaired) electrons. The predicted molar refractivity (Wildman–Crippen MR) is 111 cm³/mol. The van der Waals surface area contributed by atoms with Crippen molar-refractivity contribution in [2.24, 2.45) is 0 Å². The number of benzene rings is 2. The Hall–Kier alpha value is -2.53. The van der Waals surface area contributed by atoms with Crippen LogP contribution in [0.5, 0.6) is 11.5 Å². The summed E-state index contributed by atoms with van der Waals surface area (Å²) in [7, 11) is 0. The van der Waals surface area contributed by atoms with Gasteiger partial charge in [0.2, 0.25) is 5.91 Å². The van der Waals surface area contributed by atoms with E-state index in [2.05, 4.69) is 18.7 Å². The molecule has 5 heteroatoms. The van der Waals surface area contributed by atoms with E-state index in [1.807, 2.05) is 60.4 Å². The van der Waals surface area contributed by atoms with E-state index in [0.29, 0.717) is 26.3 Å². The first-order chi connectivity index (χ1) is 13.7. The van der Waals surface area contributed by atoms with Crippen molar-refractivity contribution in [2.45, 2.75) is 33.4 Å². The molecule has 150 valence electrons. The van der Waals surface area contributed by atoms with Gasteiger partial charge in [0, 0.05) is 18.7 Å². The molecule has 0 saturated carbocycles. The minimum absolute atomic E-state index is 0.117. The number of carbonyl (C=O) groups is 1. The van der Waals surface area contributed by atoms with Crippen LogP contribution in [0.15, 0.2) is 48.5 Å². The quantitative estimate of drug-likeness (QED) is 0.695. The summed E-state index contributed by atoms with van der Waals surface area (Å²) >= 11 is 0. The van der Waals surface area contributed by atoms with Crippen molar-refractivity contribution in [3.8, 4) is 11.5 Å². The molecule has 0 aliphatic carbocycles. The van der Waals surface area contributed by atoms with Crippen LogP contribution < -0.4 is 9.47 Å². The highest BCUT2D eigenvalue weighted by Gasteiger charge is 2.30. The predicted octanol–water partition coefficient (Wildman–Crippen LogP) is 3.89. The molecule has 2 aromatic rings. The number of fused-ring (bicyclic) bond motifs is 1. The van der Waals surface area contributed by atoms with E-state index in [1.54, 1.807) is 0 Å². The van der Waals surface area contributed by atoms with Gasteiger partial charge in [-0.25, -0.2) is 0 Å². The second-order valence-electron chi connectivity index (χ2n) is 6.83. The van der Waals surface area contributed by atoms with E-state index < -0.39 is 0 Å². The van der Waals surface area contributed by atoms with Crippen molar-refractivity contribution in [3.05, 3.63) is 59.7 Å². The fourth-order valence-corrected chi connectivity index (χ4v) is 3.72. The van der Waals surface area contributed by atoms with Crippen molar-refractivity contribution in [3.63, 3.8) is 0 Å². The summed E-state index contributed by atoms with van der Waals surface area (Å²) in [6, 6.07) is 15.7. The third-order valence-corrected chi connectivity index (χ3v) is 5.23. The van der Waals surface area contributed by atoms with Crippen LogP contribution in [-0.4, -0.2) is 48.6 Å². The summed E-state index contributed by atoms with van der Waals surface area (Å²) in [5, 5.41) is 0. The Balaban J connectivity index is 1.89. The Bertz CT molecular complexity index is 775. The van der Waals surface area contributed by atoms with E-state index in [0.717, 1.165) is 35.7 Å². The van der Waals surface area contributed by atoms with E-state index in [9.17, 15) is 4.79 Å². The molecule has 1 amide bonds. The van der Waals surface area contributed by atoms with E-state index in [1.165, 1.54) is 0 Å². The Morgan fingerprint density at radius 1 is 0.929 bits per heavy atom. The first-order valence-electron chi connectivity index (χ1n) is 10.1. The molecule has 28 heavy (non-hydrogen) atoms. The van der Waals surface area contributed by atoms with Crippen LogP contribution in [0.4, 0.5) is 0 Å². The van der Waals surface area contributed by atoms with Crippen LogP contribution in [-0.2, 0) is 11.3 Å². The zero-order valence-corrected chi connectivity index (χ0v) is 17.1. The van der Waals surface area contributed by atoms with Crippen molar-refractivity contribution in [1.29, 1.82) is 0 Å². The van der Waals surface area contributed by atoms with Crippen LogP contribution >= 0.6 is 0 Å². The molecule has 1 aliphatic heterocycles. The number of hydrogen-bond acceptors (Lipinski definition) is 4. The van der Waals surface area contributed by atoms with Gasteiger partial charge < -0.3 is 14.4 Å². The van der Waals surface area contributed by atoms with Crippen LogP contribution in [0.1, 0.15) is 37.9 Å². The van der Waals surface area contributed by atoms with Gasteiger partial charge in [0.25, 0.3) is 0 Å². The Morgan fingerprint density at radius 3 is 2.32 bits per heavy atom. The normalized spacial score (nSPS) is 14.0. The number of ether oxygens (including phenoxy) is 2. The lowest BCUT2D eigenvalue weighted by Gasteiger charge is -2.34. The summed E-state index contributed by atoms with van der Waals surface area (Å²) in [5.74, 6) is 1.64. The van der Waals surface area contributed by atoms with E-state index >= 15 is 0 Å². The second kappa shape index (κ2) is 9.60. The van der Waals surface area contributed by atoms with Crippen LogP contribution in [0.25, 0.3) is 0 Å². The second-order valence-corrected chi connectivity index (χ2v) is 6.83. The topological polar surface area (TPSA) is 42.0 Å². The minimum Gasteiger partial charge on any atom is -0.486 e. The number of para-hydroxylation sites is 1. The van der Waals surface area contributed by atoms with Gasteiger partial charge in [-0.2, -0.15) is 0 Å². The maximum absolute atomic E-state index is 13.6. The molecule has 1 atom stereocenters. The minimum atomic E-state index is -0.284. The summed E-state index contributed by atoms with van der Waals surface area (Å²) in [6.45, 7) is 10.1. The molecule has 0 aromatic heterocycles. The molecule has 0 bridgehead atoms. The maximum Gasteiger partial charge on any atom is 0.244 e. The Kier molecular flexibility index (Phi) is 6.93. The Morgan fingerprint density at radius 2 is 1.64 bits per heavy atom. The number of likely N-dealkylation sites (N-methyl/N-ethyl adjacent to an activating group) is 2. The van der Waals surface area contributed by atoms with Crippen molar-refractivity contribution in [2.75, 3.05) is 32.8 Å². The number of carbonyl (C=O) groups excluding carboxylic acids is 1. The molecular weight excluding hydrogens is 352 g/mol. The molecular formula is C23H30N2O3. The van der Waals surface area contributed by atoms with Gasteiger partial charge in [-0.05, 0) is 31.6 Å². The maximum atomic E-state index is 13.6. The average molecular weight is 383 g/mol. The van der Waals surface area contributed by atoms with Crippen molar-refractivity contribution >= 4 is 5.91 Å². The number of nitrogens with zero attached hydrogens (tertiary/aromatic N) is 2. The third kappa shape index (κ3) is 4.30. The van der Waals surface area contributed by atoms with E-state index in [-0.39, 0.29) is 11.9 Å². The molecule has 1 unspecified atom stereocenters. The van der Waals surface area contributed by atoms with Gasteiger partial charge >= 0.3 is 0 Å². The summed E-state index contributed by atoms with van der Waals surface area (Å²) in [5.41, 5.74) is 2.02. The first kappa shape index (κ1) is 20.2. The zero-order chi connectivity index (χ0) is 19.9. The monoisotopic (exact) mass is 382 g/mol. The largest absolute Gasteiger partial charge is 0.486 e. The highest BCUT2D eigenvalue weighted by atomic mass is 16.6. The van der Waals surface area contributed by atoms with Crippen LogP contribution in [0.3, 0.4) is 0 Å². The highest BCUT2D eigenvalue weighted by Crippen LogP contribution is 2.35. The standard InChI is InChI=1S/C23H30N2O3/c1-4-24(5-2)21(18-11-8-7-9-12-18)23(26)25(6-3)17-19-13-10-14-20-22(19)28-16-15-27-20/h7-14,21H,4-6,15-17H2,1-3H3. The molecule has 0 spiro atoms. The fourth-order valence-electron chi connectivity index (χ4n) is 3.72. The SMILES string of the molecule is CCN(Cc1cccc2c1OCCO2)C(=O)C(c1ccccc1)N(CC)CC. The number of hydrogen-bond donors (Lipinski definition) is 0. The summed E-state index contributed by atoms with van der Waals surface area (Å²) < 4.78 is 11.5. The van der Waals surface area contributed by atoms with Crippen LogP contribution in [0, 0.1) is 0 Å². The lowest BCUT2D eigenvalue weighted by molar-refractivity contribution is -0.137. The lowest BCUT2D eigenvalue weighted by atomic mass is 10.0. The smallest absolute Gasteiger partial charge is 0.244 e. The first-order valence-corrected chi connectivity index (χ1v) is 10.1. The molecule has 3 rings (SSSR count). The van der Waals surface area contributed by atoms with Gasteiger partial charge in [-0.1, -0.05) is 56.3 Å². The molecule has 0 N–H and O–H groups in total. The van der Waals surface area contributed by atoms with Gasteiger partial charge in [0.05, 0.1) is 0 Å². The average Bonchev–Trinajstić information content (AvgIpc) is 2.76. The van der Waals surface area contributed by atoms with Crippen LogP contribution in [0.2, 0.25) is 0 Å². The number of rotatable bonds is 8. The third-order valence-electron chi connectivity index (χ3n) is 5.23. The van der Waals surface area contributed by atoms with Gasteiger partial charge in [0.15, 0.2) is 11.5 Å². The summed E-state index contributed by atoms with van der Waals surface area (Å²) in [6.07, 6.45) is 0. The molecule has 2 aromatic carbocycles. The van der Waals surface area contributed by atoms with Crippen molar-refractivity contribution in [1.82, 2.24) is 9.80 Å². The molecule has 0 fully saturated rings. The highest BCUT2D eigenvalue weighted by molar-refractivity contribution is 5.83. The van der Waals surface area contributed by atoms with Gasteiger partial charge in [0.1, 0.15) is 19.3 Å². The van der Waals surface area contributed by atoms with Gasteiger partial charge in [-0.3, -0.25) is 9.69 Å². The molecule has 1 aliphatic rings. The zero-order valence-electron chi connectivity index (χ0n) is 17.1. The molecule has 0 saturated heterocycles. The molecule has 1 heterocycles. The van der Waals surface area contributed by atoms with Gasteiger partial charge in [-0.15, -0.1) is 0 Å². The lowest BCUT2D eigenvalue weighted by Crippen LogP contribution is -2.42. The Labute approximate surface area is 167 Å².